The Morgan fingerprint density at radius 2 is 2.05 bits per heavy atom. The van der Waals surface area contributed by atoms with Gasteiger partial charge in [-0.2, -0.15) is 0 Å². The van der Waals surface area contributed by atoms with E-state index in [0.717, 1.165) is 12.4 Å². The molecule has 2 heterocycles. The Morgan fingerprint density at radius 3 is 2.62 bits per heavy atom. The highest BCUT2D eigenvalue weighted by Crippen LogP contribution is 2.19. The Balaban J connectivity index is 2.01. The van der Waals surface area contributed by atoms with Crippen molar-refractivity contribution in [2.45, 2.75) is 20.0 Å². The molecule has 1 atom stereocenters. The fourth-order valence-electron chi connectivity index (χ4n) is 2.33. The smallest absolute Gasteiger partial charge is 0.158 e. The van der Waals surface area contributed by atoms with Crippen LogP contribution in [0.3, 0.4) is 0 Å². The summed E-state index contributed by atoms with van der Waals surface area (Å²) in [6, 6.07) is 1.83. The number of methoxy groups -OCH3 is 1. The molecule has 1 aliphatic heterocycles. The highest BCUT2D eigenvalue weighted by atomic mass is 32.2. The van der Waals surface area contributed by atoms with E-state index in [0.29, 0.717) is 37.0 Å². The van der Waals surface area contributed by atoms with E-state index >= 15 is 0 Å². The van der Waals surface area contributed by atoms with Gasteiger partial charge in [0.05, 0.1) is 11.5 Å². The van der Waals surface area contributed by atoms with Crippen LogP contribution in [0, 0.1) is 5.92 Å². The molecule has 1 aliphatic rings. The van der Waals surface area contributed by atoms with E-state index in [1.165, 1.54) is 0 Å². The summed E-state index contributed by atoms with van der Waals surface area (Å²) < 4.78 is 28.0. The number of hydrogen-bond donors (Lipinski definition) is 2. The maximum atomic E-state index is 11.5. The quantitative estimate of drug-likeness (QED) is 0.772. The summed E-state index contributed by atoms with van der Waals surface area (Å²) in [5.41, 5.74) is 0. The summed E-state index contributed by atoms with van der Waals surface area (Å²) in [7, 11) is -1.24. The molecule has 1 aromatic rings. The van der Waals surface area contributed by atoms with Crippen molar-refractivity contribution in [2.75, 3.05) is 42.3 Å². The number of nitrogens with one attached hydrogen (secondary N) is 2. The van der Waals surface area contributed by atoms with Gasteiger partial charge < -0.3 is 15.4 Å². The normalized spacial score (nSPS) is 20.4. The lowest BCUT2D eigenvalue weighted by molar-refractivity contribution is 0.178. The number of aromatic nitrogens is 2. The number of anilines is 2. The molecule has 0 radical (unpaired) electrons. The van der Waals surface area contributed by atoms with Gasteiger partial charge in [-0.3, -0.25) is 0 Å². The monoisotopic (exact) mass is 314 g/mol. The number of rotatable bonds is 7. The van der Waals surface area contributed by atoms with Crippen molar-refractivity contribution >= 4 is 21.5 Å². The van der Waals surface area contributed by atoms with Crippen LogP contribution < -0.4 is 10.6 Å². The third kappa shape index (κ3) is 4.82. The van der Waals surface area contributed by atoms with Crippen LogP contribution in [0.2, 0.25) is 0 Å². The van der Waals surface area contributed by atoms with Gasteiger partial charge in [0.15, 0.2) is 15.7 Å². The van der Waals surface area contributed by atoms with Crippen molar-refractivity contribution in [3.63, 3.8) is 0 Å². The third-order valence-corrected chi connectivity index (χ3v) is 5.14. The van der Waals surface area contributed by atoms with Gasteiger partial charge >= 0.3 is 0 Å². The molecule has 21 heavy (non-hydrogen) atoms. The van der Waals surface area contributed by atoms with Crippen LogP contribution in [0.15, 0.2) is 6.07 Å². The number of ether oxygens (including phenoxy) is 1. The molecule has 1 fully saturated rings. The second-order valence-electron chi connectivity index (χ2n) is 5.17. The largest absolute Gasteiger partial charge is 0.377 e. The van der Waals surface area contributed by atoms with Crippen LogP contribution in [-0.2, 0) is 21.2 Å². The van der Waals surface area contributed by atoms with E-state index in [1.54, 1.807) is 7.11 Å². The van der Waals surface area contributed by atoms with Crippen LogP contribution in [0.5, 0.6) is 0 Å². The minimum absolute atomic E-state index is 0.151. The molecule has 1 saturated heterocycles. The van der Waals surface area contributed by atoms with E-state index in [-0.39, 0.29) is 11.7 Å². The third-order valence-electron chi connectivity index (χ3n) is 3.30. The SMILES string of the molecule is CCNc1cc(NCC2CCS(=O)(=O)C2)nc(COC)n1. The molecule has 7 nitrogen and oxygen atoms in total. The zero-order chi connectivity index (χ0) is 15.3. The van der Waals surface area contributed by atoms with Crippen LogP contribution in [0.4, 0.5) is 11.6 Å². The average Bonchev–Trinajstić information content (AvgIpc) is 2.77. The van der Waals surface area contributed by atoms with E-state index in [9.17, 15) is 8.42 Å². The molecule has 0 spiro atoms. The lowest BCUT2D eigenvalue weighted by Gasteiger charge is -2.12. The molecule has 1 aromatic heterocycles. The highest BCUT2D eigenvalue weighted by molar-refractivity contribution is 7.91. The van der Waals surface area contributed by atoms with Gasteiger partial charge in [0.1, 0.15) is 18.2 Å². The fourth-order valence-corrected chi connectivity index (χ4v) is 4.20. The predicted molar refractivity (Wildman–Crippen MR) is 82.2 cm³/mol. The van der Waals surface area contributed by atoms with Gasteiger partial charge in [-0.05, 0) is 19.3 Å². The summed E-state index contributed by atoms with van der Waals surface area (Å²) in [6.45, 7) is 3.71. The van der Waals surface area contributed by atoms with Crippen molar-refractivity contribution in [2.24, 2.45) is 5.92 Å². The topological polar surface area (TPSA) is 93.2 Å². The first-order chi connectivity index (χ1) is 10.0. The zero-order valence-electron chi connectivity index (χ0n) is 12.4. The van der Waals surface area contributed by atoms with Crippen molar-refractivity contribution in [3.8, 4) is 0 Å². The van der Waals surface area contributed by atoms with Gasteiger partial charge in [-0.15, -0.1) is 0 Å². The second kappa shape index (κ2) is 7.04. The molecule has 1 unspecified atom stereocenters. The fraction of sp³-hybridized carbons (Fsp3) is 0.692. The predicted octanol–water partition coefficient (Wildman–Crippen LogP) is 0.901. The molecule has 0 aliphatic carbocycles. The highest BCUT2D eigenvalue weighted by Gasteiger charge is 2.27. The molecule has 2 N–H and O–H groups in total. The number of sulfone groups is 1. The minimum Gasteiger partial charge on any atom is -0.377 e. The first-order valence-electron chi connectivity index (χ1n) is 7.07. The average molecular weight is 314 g/mol. The molecule has 8 heteroatoms. The Bertz CT molecular complexity index is 553. The zero-order valence-corrected chi connectivity index (χ0v) is 13.2. The van der Waals surface area contributed by atoms with Crippen LogP contribution in [-0.4, -0.2) is 50.1 Å². The minimum atomic E-state index is -2.84. The van der Waals surface area contributed by atoms with Gasteiger partial charge in [0.25, 0.3) is 0 Å². The summed E-state index contributed by atoms with van der Waals surface area (Å²) in [6.07, 6.45) is 0.714. The first-order valence-corrected chi connectivity index (χ1v) is 8.89. The van der Waals surface area contributed by atoms with E-state index < -0.39 is 9.84 Å². The van der Waals surface area contributed by atoms with Crippen LogP contribution >= 0.6 is 0 Å². The maximum absolute atomic E-state index is 11.5. The lowest BCUT2D eigenvalue weighted by atomic mass is 10.1. The molecular weight excluding hydrogens is 292 g/mol. The van der Waals surface area contributed by atoms with Gasteiger partial charge in [-0.1, -0.05) is 0 Å². The molecule has 0 amide bonds. The summed E-state index contributed by atoms with van der Waals surface area (Å²) in [5, 5.41) is 6.36. The van der Waals surface area contributed by atoms with Gasteiger partial charge in [0.2, 0.25) is 0 Å². The number of hydrogen-bond acceptors (Lipinski definition) is 7. The van der Waals surface area contributed by atoms with Gasteiger partial charge in [-0.25, -0.2) is 18.4 Å². The molecule has 0 saturated carbocycles. The van der Waals surface area contributed by atoms with Crippen molar-refractivity contribution < 1.29 is 13.2 Å². The Hall–Kier alpha value is -1.41. The first kappa shape index (κ1) is 16.0. The van der Waals surface area contributed by atoms with E-state index in [2.05, 4.69) is 20.6 Å². The summed E-state index contributed by atoms with van der Waals surface area (Å²) in [5.74, 6) is 2.73. The maximum Gasteiger partial charge on any atom is 0.158 e. The molecule has 0 aromatic carbocycles. The van der Waals surface area contributed by atoms with Crippen LogP contribution in [0.1, 0.15) is 19.2 Å². The summed E-state index contributed by atoms with van der Waals surface area (Å²) in [4.78, 5) is 8.70. The van der Waals surface area contributed by atoms with Crippen LogP contribution in [0.25, 0.3) is 0 Å². The van der Waals surface area contributed by atoms with Crippen molar-refractivity contribution in [3.05, 3.63) is 11.9 Å². The standard InChI is InChI=1S/C13H22N4O3S/c1-3-14-11-6-12(17-13(16-11)8-20-2)15-7-10-4-5-21(18,19)9-10/h6,10H,3-5,7-9H2,1-2H3,(H2,14,15,16,17). The van der Waals surface area contributed by atoms with Crippen molar-refractivity contribution in [1.82, 2.24) is 9.97 Å². The van der Waals surface area contributed by atoms with Gasteiger partial charge in [0, 0.05) is 26.3 Å². The van der Waals surface area contributed by atoms with Crippen molar-refractivity contribution in [1.29, 1.82) is 0 Å². The molecule has 118 valence electrons. The number of nitrogens with zero attached hydrogens (tertiary/aromatic N) is 2. The Morgan fingerprint density at radius 1 is 1.33 bits per heavy atom. The molecular formula is C13H22N4O3S. The second-order valence-corrected chi connectivity index (χ2v) is 7.40. The lowest BCUT2D eigenvalue weighted by Crippen LogP contribution is -2.17. The summed E-state index contributed by atoms with van der Waals surface area (Å²) >= 11 is 0. The molecule has 2 rings (SSSR count). The Kier molecular flexibility index (Phi) is 5.35. The molecule has 0 bridgehead atoms. The Labute approximate surface area is 125 Å². The van der Waals surface area contributed by atoms with E-state index in [1.807, 2.05) is 13.0 Å². The van der Waals surface area contributed by atoms with E-state index in [4.69, 9.17) is 4.74 Å².